The van der Waals surface area contributed by atoms with Gasteiger partial charge in [-0.15, -0.1) is 0 Å². The maximum absolute atomic E-state index is 12.4. The number of para-hydroxylation sites is 2. The fourth-order valence-electron chi connectivity index (χ4n) is 3.16. The minimum Gasteiger partial charge on any atom is -0.496 e. The molecule has 28 heavy (non-hydrogen) atoms. The molecule has 0 bridgehead atoms. The van der Waals surface area contributed by atoms with Gasteiger partial charge in [0.2, 0.25) is 5.91 Å². The molecule has 0 aromatic heterocycles. The first-order valence-electron chi connectivity index (χ1n) is 9.13. The minimum absolute atomic E-state index is 0.173. The van der Waals surface area contributed by atoms with Crippen LogP contribution in [0.25, 0.3) is 0 Å². The Morgan fingerprint density at radius 3 is 2.25 bits per heavy atom. The summed E-state index contributed by atoms with van der Waals surface area (Å²) in [4.78, 5) is 40.7. The summed E-state index contributed by atoms with van der Waals surface area (Å²) in [6.07, 6.45) is 0. The van der Waals surface area contributed by atoms with E-state index < -0.39 is 11.7 Å². The Morgan fingerprint density at radius 1 is 0.929 bits per heavy atom. The summed E-state index contributed by atoms with van der Waals surface area (Å²) >= 11 is 0. The number of methoxy groups -OCH3 is 1. The van der Waals surface area contributed by atoms with Gasteiger partial charge in [-0.1, -0.05) is 30.3 Å². The zero-order chi connectivity index (χ0) is 19.9. The second-order valence-corrected chi connectivity index (χ2v) is 6.42. The van der Waals surface area contributed by atoms with Gasteiger partial charge >= 0.3 is 0 Å². The highest BCUT2D eigenvalue weighted by Crippen LogP contribution is 2.18. The Kier molecular flexibility index (Phi) is 6.26. The smallest absolute Gasteiger partial charge is 0.292 e. The van der Waals surface area contributed by atoms with Gasteiger partial charge in [0, 0.05) is 31.9 Å². The number of Topliss-reactive ketones (excluding diaryl/α,β-unsaturated/α-hetero) is 1. The van der Waals surface area contributed by atoms with Gasteiger partial charge in [-0.25, -0.2) is 0 Å². The van der Waals surface area contributed by atoms with E-state index >= 15 is 0 Å². The highest BCUT2D eigenvalue weighted by molar-refractivity contribution is 6.43. The molecule has 0 radical (unpaired) electrons. The Balaban J connectivity index is 1.49. The van der Waals surface area contributed by atoms with Crippen molar-refractivity contribution in [3.05, 3.63) is 60.2 Å². The van der Waals surface area contributed by atoms with Crippen molar-refractivity contribution < 1.29 is 19.1 Å². The molecule has 0 atom stereocenters. The lowest BCUT2D eigenvalue weighted by Crippen LogP contribution is -2.51. The standard InChI is InChI=1S/C21H23N3O4/c1-28-18-10-6-5-9-17(18)20(26)21(27)22-15-19(25)24-13-11-23(12-14-24)16-7-3-2-4-8-16/h2-10H,11-15H2,1H3,(H,22,27). The van der Waals surface area contributed by atoms with E-state index in [4.69, 9.17) is 4.74 Å². The van der Waals surface area contributed by atoms with E-state index in [9.17, 15) is 14.4 Å². The van der Waals surface area contributed by atoms with E-state index in [1.165, 1.54) is 13.2 Å². The molecule has 7 nitrogen and oxygen atoms in total. The molecule has 1 aliphatic heterocycles. The van der Waals surface area contributed by atoms with E-state index in [-0.39, 0.29) is 18.0 Å². The van der Waals surface area contributed by atoms with Crippen molar-refractivity contribution in [2.24, 2.45) is 0 Å². The summed E-state index contributed by atoms with van der Waals surface area (Å²) in [6.45, 7) is 2.40. The summed E-state index contributed by atoms with van der Waals surface area (Å²) in [6, 6.07) is 16.5. The predicted octanol–water partition coefficient (Wildman–Crippen LogP) is 1.34. The van der Waals surface area contributed by atoms with Gasteiger partial charge in [0.25, 0.3) is 11.7 Å². The Bertz CT molecular complexity index is 846. The second-order valence-electron chi connectivity index (χ2n) is 6.42. The highest BCUT2D eigenvalue weighted by atomic mass is 16.5. The maximum atomic E-state index is 12.4. The van der Waals surface area contributed by atoms with E-state index in [0.29, 0.717) is 18.8 Å². The van der Waals surface area contributed by atoms with Crippen molar-refractivity contribution in [3.63, 3.8) is 0 Å². The molecule has 146 valence electrons. The average molecular weight is 381 g/mol. The number of ether oxygens (including phenoxy) is 1. The van der Waals surface area contributed by atoms with Crippen LogP contribution in [0.4, 0.5) is 5.69 Å². The number of nitrogens with one attached hydrogen (secondary N) is 1. The van der Waals surface area contributed by atoms with Crippen molar-refractivity contribution >= 4 is 23.3 Å². The lowest BCUT2D eigenvalue weighted by molar-refractivity contribution is -0.132. The fourth-order valence-corrected chi connectivity index (χ4v) is 3.16. The molecule has 0 spiro atoms. The fraction of sp³-hybridized carbons (Fsp3) is 0.286. The topological polar surface area (TPSA) is 78.9 Å². The normalized spacial score (nSPS) is 13.8. The molecule has 2 aromatic rings. The van der Waals surface area contributed by atoms with Crippen LogP contribution in [-0.4, -0.2) is 62.3 Å². The first-order valence-corrected chi connectivity index (χ1v) is 9.13. The van der Waals surface area contributed by atoms with Crippen LogP contribution in [-0.2, 0) is 9.59 Å². The van der Waals surface area contributed by atoms with Crippen molar-refractivity contribution in [3.8, 4) is 5.75 Å². The number of carbonyl (C=O) groups is 3. The lowest BCUT2D eigenvalue weighted by atomic mass is 10.1. The molecule has 2 aromatic carbocycles. The van der Waals surface area contributed by atoms with Crippen molar-refractivity contribution in [2.75, 3.05) is 44.7 Å². The van der Waals surface area contributed by atoms with Gasteiger partial charge in [0.05, 0.1) is 19.2 Å². The third-order valence-corrected chi connectivity index (χ3v) is 4.71. The number of nitrogens with zero attached hydrogens (tertiary/aromatic N) is 2. The molecule has 0 saturated carbocycles. The molecular formula is C21H23N3O4. The minimum atomic E-state index is -0.819. The van der Waals surface area contributed by atoms with E-state index in [0.717, 1.165) is 18.8 Å². The number of piperazine rings is 1. The van der Waals surface area contributed by atoms with Crippen molar-refractivity contribution in [2.45, 2.75) is 0 Å². The summed E-state index contributed by atoms with van der Waals surface area (Å²) in [5.41, 5.74) is 1.30. The molecular weight excluding hydrogens is 358 g/mol. The Morgan fingerprint density at radius 2 is 1.57 bits per heavy atom. The molecule has 1 N–H and O–H groups in total. The quantitative estimate of drug-likeness (QED) is 0.604. The van der Waals surface area contributed by atoms with Crippen LogP contribution >= 0.6 is 0 Å². The van der Waals surface area contributed by atoms with Gasteiger partial charge in [0.15, 0.2) is 0 Å². The summed E-state index contributed by atoms with van der Waals surface area (Å²) in [5, 5.41) is 2.42. The number of hydrogen-bond donors (Lipinski definition) is 1. The summed E-state index contributed by atoms with van der Waals surface area (Å²) in [7, 11) is 1.43. The number of amides is 2. The van der Waals surface area contributed by atoms with E-state index in [1.54, 1.807) is 23.1 Å². The van der Waals surface area contributed by atoms with Gasteiger partial charge in [-0.05, 0) is 24.3 Å². The summed E-state index contributed by atoms with van der Waals surface area (Å²) in [5.74, 6) is -1.42. The average Bonchev–Trinajstić information content (AvgIpc) is 2.77. The monoisotopic (exact) mass is 381 g/mol. The zero-order valence-electron chi connectivity index (χ0n) is 15.8. The van der Waals surface area contributed by atoms with Gasteiger partial charge in [-0.3, -0.25) is 14.4 Å². The Hall–Kier alpha value is -3.35. The van der Waals surface area contributed by atoms with Crippen molar-refractivity contribution in [1.82, 2.24) is 10.2 Å². The Labute approximate surface area is 163 Å². The molecule has 0 aliphatic carbocycles. The van der Waals surface area contributed by atoms with Crippen LogP contribution in [0.3, 0.4) is 0 Å². The molecule has 7 heteroatoms. The zero-order valence-corrected chi connectivity index (χ0v) is 15.8. The molecule has 3 rings (SSSR count). The van der Waals surface area contributed by atoms with Crippen LogP contribution in [0.5, 0.6) is 5.75 Å². The molecule has 0 unspecified atom stereocenters. The number of rotatable bonds is 6. The van der Waals surface area contributed by atoms with E-state index in [1.807, 2.05) is 30.3 Å². The van der Waals surface area contributed by atoms with Crippen LogP contribution in [0, 0.1) is 0 Å². The highest BCUT2D eigenvalue weighted by Gasteiger charge is 2.24. The van der Waals surface area contributed by atoms with Crippen LogP contribution in [0.1, 0.15) is 10.4 Å². The third kappa shape index (κ3) is 4.49. The number of ketones is 1. The molecule has 1 fully saturated rings. The molecule has 2 amide bonds. The molecule has 1 aliphatic rings. The number of benzene rings is 2. The predicted molar refractivity (Wildman–Crippen MR) is 106 cm³/mol. The molecule has 1 heterocycles. The first-order chi connectivity index (χ1) is 13.6. The van der Waals surface area contributed by atoms with Gasteiger partial charge in [0.1, 0.15) is 5.75 Å². The van der Waals surface area contributed by atoms with Gasteiger partial charge in [-0.2, -0.15) is 0 Å². The number of carbonyl (C=O) groups excluding carboxylic acids is 3. The lowest BCUT2D eigenvalue weighted by Gasteiger charge is -2.36. The first kappa shape index (κ1) is 19.4. The van der Waals surface area contributed by atoms with Crippen LogP contribution < -0.4 is 15.0 Å². The number of anilines is 1. The van der Waals surface area contributed by atoms with E-state index in [2.05, 4.69) is 10.2 Å². The molecule has 1 saturated heterocycles. The second kappa shape index (κ2) is 9.03. The van der Waals surface area contributed by atoms with Crippen LogP contribution in [0.2, 0.25) is 0 Å². The summed E-state index contributed by atoms with van der Waals surface area (Å²) < 4.78 is 5.10. The number of hydrogen-bond acceptors (Lipinski definition) is 5. The largest absolute Gasteiger partial charge is 0.496 e. The van der Waals surface area contributed by atoms with Crippen molar-refractivity contribution in [1.29, 1.82) is 0 Å². The maximum Gasteiger partial charge on any atom is 0.292 e. The van der Waals surface area contributed by atoms with Crippen LogP contribution in [0.15, 0.2) is 54.6 Å². The SMILES string of the molecule is COc1ccccc1C(=O)C(=O)NCC(=O)N1CCN(c2ccccc2)CC1. The van der Waals surface area contributed by atoms with Gasteiger partial charge < -0.3 is 19.9 Å². The third-order valence-electron chi connectivity index (χ3n) is 4.71.